The molecule has 0 aliphatic heterocycles. The first kappa shape index (κ1) is 17.8. The van der Waals surface area contributed by atoms with Gasteiger partial charge in [-0.2, -0.15) is 13.2 Å². The summed E-state index contributed by atoms with van der Waals surface area (Å²) < 4.78 is 42.4. The third kappa shape index (κ3) is 6.46. The Morgan fingerprint density at radius 1 is 1.32 bits per heavy atom. The molecule has 0 radical (unpaired) electrons. The number of alkyl carbamates (subject to hydrolysis) is 1. The van der Waals surface area contributed by atoms with Crippen LogP contribution in [0.2, 0.25) is 0 Å². The van der Waals surface area contributed by atoms with Crippen LogP contribution in [-0.2, 0) is 10.9 Å². The van der Waals surface area contributed by atoms with Gasteiger partial charge < -0.3 is 15.4 Å². The largest absolute Gasteiger partial charge is 0.444 e. The second-order valence-corrected chi connectivity index (χ2v) is 5.33. The molecule has 0 bridgehead atoms. The zero-order valence-electron chi connectivity index (χ0n) is 12.3. The van der Waals surface area contributed by atoms with E-state index in [1.54, 1.807) is 20.8 Å². The highest BCUT2D eigenvalue weighted by Gasteiger charge is 2.33. The van der Waals surface area contributed by atoms with Crippen LogP contribution in [0.3, 0.4) is 0 Å². The molecule has 124 valence electrons. The lowest BCUT2D eigenvalue weighted by atomic mass is 10.2. The molecule has 1 heterocycles. The lowest BCUT2D eigenvalue weighted by Crippen LogP contribution is -2.35. The summed E-state index contributed by atoms with van der Waals surface area (Å²) in [5, 5.41) is 4.88. The molecule has 0 spiro atoms. The van der Waals surface area contributed by atoms with Gasteiger partial charge in [-0.3, -0.25) is 9.78 Å². The highest BCUT2D eigenvalue weighted by atomic mass is 19.4. The number of hydrogen-bond acceptors (Lipinski definition) is 5. The van der Waals surface area contributed by atoms with Gasteiger partial charge in [-0.05, 0) is 20.8 Å². The number of H-pyrrole nitrogens is 1. The van der Waals surface area contributed by atoms with Crippen LogP contribution >= 0.6 is 0 Å². The van der Waals surface area contributed by atoms with E-state index in [2.05, 4.69) is 20.6 Å². The van der Waals surface area contributed by atoms with Crippen molar-refractivity contribution in [3.63, 3.8) is 0 Å². The number of nitrogens with one attached hydrogen (secondary N) is 3. The molecule has 1 amide bonds. The van der Waals surface area contributed by atoms with E-state index < -0.39 is 29.1 Å². The van der Waals surface area contributed by atoms with E-state index in [1.807, 2.05) is 0 Å². The van der Waals surface area contributed by atoms with Gasteiger partial charge in [-0.25, -0.2) is 9.78 Å². The minimum Gasteiger partial charge on any atom is -0.444 e. The molecule has 1 aromatic rings. The van der Waals surface area contributed by atoms with Crippen molar-refractivity contribution in [3.8, 4) is 0 Å². The molecule has 0 aliphatic rings. The summed E-state index contributed by atoms with van der Waals surface area (Å²) in [6.45, 7) is 5.23. The second kappa shape index (κ2) is 6.67. The van der Waals surface area contributed by atoms with Gasteiger partial charge in [-0.15, -0.1) is 0 Å². The van der Waals surface area contributed by atoms with E-state index in [4.69, 9.17) is 4.74 Å². The molecular formula is C12H17F3N4O3. The van der Waals surface area contributed by atoms with Gasteiger partial charge in [-0.1, -0.05) is 0 Å². The lowest BCUT2D eigenvalue weighted by Gasteiger charge is -2.19. The SMILES string of the molecule is CC(C)(C)OC(=O)NCCNc1nc(C(F)(F)F)cc(=O)[nH]1. The fraction of sp³-hybridized carbons (Fsp3) is 0.583. The van der Waals surface area contributed by atoms with Crippen LogP contribution in [-0.4, -0.2) is 34.8 Å². The van der Waals surface area contributed by atoms with Gasteiger partial charge in [0.15, 0.2) is 5.69 Å². The van der Waals surface area contributed by atoms with Crippen molar-refractivity contribution in [2.24, 2.45) is 0 Å². The van der Waals surface area contributed by atoms with Crippen molar-refractivity contribution in [2.45, 2.75) is 32.5 Å². The lowest BCUT2D eigenvalue weighted by molar-refractivity contribution is -0.141. The number of alkyl halides is 3. The fourth-order valence-electron chi connectivity index (χ4n) is 1.35. The molecule has 22 heavy (non-hydrogen) atoms. The number of halogens is 3. The molecular weight excluding hydrogens is 305 g/mol. The fourth-order valence-corrected chi connectivity index (χ4v) is 1.35. The van der Waals surface area contributed by atoms with Gasteiger partial charge in [0.1, 0.15) is 5.60 Å². The molecule has 1 aromatic heterocycles. The predicted molar refractivity (Wildman–Crippen MR) is 72.6 cm³/mol. The van der Waals surface area contributed by atoms with E-state index in [0.717, 1.165) is 0 Å². The Morgan fingerprint density at radius 3 is 2.50 bits per heavy atom. The summed E-state index contributed by atoms with van der Waals surface area (Å²) in [4.78, 5) is 27.8. The van der Waals surface area contributed by atoms with Crippen LogP contribution in [0.25, 0.3) is 0 Å². The number of ether oxygens (including phenoxy) is 1. The topological polar surface area (TPSA) is 96.1 Å². The maximum atomic E-state index is 12.5. The maximum absolute atomic E-state index is 12.5. The number of amides is 1. The van der Waals surface area contributed by atoms with Gasteiger partial charge in [0, 0.05) is 19.2 Å². The summed E-state index contributed by atoms with van der Waals surface area (Å²) in [5.74, 6) is -0.328. The molecule has 10 heteroatoms. The Labute approximate surface area is 124 Å². The van der Waals surface area contributed by atoms with Crippen molar-refractivity contribution < 1.29 is 22.7 Å². The van der Waals surface area contributed by atoms with Gasteiger partial charge >= 0.3 is 12.3 Å². The van der Waals surface area contributed by atoms with E-state index in [1.165, 1.54) is 0 Å². The van der Waals surface area contributed by atoms with Gasteiger partial charge in [0.2, 0.25) is 5.95 Å². The summed E-state index contributed by atoms with van der Waals surface area (Å²) in [7, 11) is 0. The Balaban J connectivity index is 2.51. The highest BCUT2D eigenvalue weighted by molar-refractivity contribution is 5.67. The standard InChI is InChI=1S/C12H17F3N4O3/c1-11(2,3)22-10(21)17-5-4-16-9-18-7(12(13,14)15)6-8(20)19-9/h6H,4-5H2,1-3H3,(H,17,21)(H2,16,18,19,20). The molecule has 1 rings (SSSR count). The number of carbonyl (C=O) groups excluding carboxylic acids is 1. The summed E-state index contributed by atoms with van der Waals surface area (Å²) in [6, 6.07) is 0.365. The number of hydrogen-bond donors (Lipinski definition) is 3. The minimum absolute atomic E-state index is 0.0590. The van der Waals surface area contributed by atoms with Crippen molar-refractivity contribution >= 4 is 12.0 Å². The summed E-state index contributed by atoms with van der Waals surface area (Å²) in [5.41, 5.74) is -2.87. The Hall–Kier alpha value is -2.26. The Morgan fingerprint density at radius 2 is 1.95 bits per heavy atom. The molecule has 0 aliphatic carbocycles. The average Bonchev–Trinajstić information content (AvgIpc) is 2.30. The highest BCUT2D eigenvalue weighted by Crippen LogP contribution is 2.26. The molecule has 0 unspecified atom stereocenters. The van der Waals surface area contributed by atoms with Crippen LogP contribution in [0.5, 0.6) is 0 Å². The molecule has 0 atom stereocenters. The van der Waals surface area contributed by atoms with Crippen molar-refractivity contribution in [3.05, 3.63) is 22.1 Å². The monoisotopic (exact) mass is 322 g/mol. The maximum Gasteiger partial charge on any atom is 0.433 e. The number of anilines is 1. The number of nitrogens with zero attached hydrogens (tertiary/aromatic N) is 1. The smallest absolute Gasteiger partial charge is 0.433 e. The van der Waals surface area contributed by atoms with E-state index in [-0.39, 0.29) is 19.0 Å². The quantitative estimate of drug-likeness (QED) is 0.734. The normalized spacial score (nSPS) is 11.9. The van der Waals surface area contributed by atoms with Crippen molar-refractivity contribution in [1.82, 2.24) is 15.3 Å². The predicted octanol–water partition coefficient (Wildman–Crippen LogP) is 1.73. The molecule has 0 fully saturated rings. The third-order valence-corrected chi connectivity index (χ3v) is 2.12. The molecule has 3 N–H and O–H groups in total. The van der Waals surface area contributed by atoms with Gasteiger partial charge in [0.25, 0.3) is 5.56 Å². The third-order valence-electron chi connectivity index (χ3n) is 2.12. The first-order valence-electron chi connectivity index (χ1n) is 6.37. The van der Waals surface area contributed by atoms with Crippen LogP contribution in [0.1, 0.15) is 26.5 Å². The molecule has 7 nitrogen and oxygen atoms in total. The number of aromatic amines is 1. The Bertz CT molecular complexity index is 578. The number of carbonyl (C=O) groups is 1. The first-order valence-corrected chi connectivity index (χ1v) is 6.37. The van der Waals surface area contributed by atoms with E-state index >= 15 is 0 Å². The minimum atomic E-state index is -4.71. The van der Waals surface area contributed by atoms with Gasteiger partial charge in [0.05, 0.1) is 0 Å². The number of aromatic nitrogens is 2. The molecule has 0 saturated carbocycles. The molecule has 0 aromatic carbocycles. The Kier molecular flexibility index (Phi) is 5.39. The van der Waals surface area contributed by atoms with Crippen molar-refractivity contribution in [2.75, 3.05) is 18.4 Å². The number of rotatable bonds is 4. The van der Waals surface area contributed by atoms with Crippen LogP contribution in [0, 0.1) is 0 Å². The van der Waals surface area contributed by atoms with E-state index in [0.29, 0.717) is 6.07 Å². The first-order chi connectivity index (χ1) is 9.97. The van der Waals surface area contributed by atoms with Crippen LogP contribution in [0.15, 0.2) is 10.9 Å². The average molecular weight is 322 g/mol. The van der Waals surface area contributed by atoms with Crippen LogP contribution in [0.4, 0.5) is 23.9 Å². The van der Waals surface area contributed by atoms with Crippen LogP contribution < -0.4 is 16.2 Å². The van der Waals surface area contributed by atoms with Crippen molar-refractivity contribution in [1.29, 1.82) is 0 Å². The second-order valence-electron chi connectivity index (χ2n) is 5.33. The zero-order chi connectivity index (χ0) is 17.0. The molecule has 0 saturated heterocycles. The zero-order valence-corrected chi connectivity index (χ0v) is 12.3. The summed E-state index contributed by atoms with van der Waals surface area (Å²) in [6.07, 6.45) is -5.36. The summed E-state index contributed by atoms with van der Waals surface area (Å²) >= 11 is 0. The van der Waals surface area contributed by atoms with E-state index in [9.17, 15) is 22.8 Å².